The zero-order chi connectivity index (χ0) is 11.3. The number of aromatic nitrogens is 1. The Bertz CT molecular complexity index is 375. The number of nitrogens with two attached hydrogens (primary N) is 1. The maximum absolute atomic E-state index is 11.5. The van der Waals surface area contributed by atoms with E-state index in [4.69, 9.17) is 5.73 Å². The lowest BCUT2D eigenvalue weighted by Crippen LogP contribution is -2.29. The molecule has 1 unspecified atom stereocenters. The normalized spacial score (nSPS) is 14.0. The van der Waals surface area contributed by atoms with Crippen LogP contribution < -0.4 is 10.5 Å². The van der Waals surface area contributed by atoms with Gasteiger partial charge in [-0.05, 0) is 19.9 Å². The summed E-state index contributed by atoms with van der Waals surface area (Å²) in [6.07, 6.45) is 2.13. The van der Waals surface area contributed by atoms with Crippen LogP contribution in [-0.4, -0.2) is 25.7 Å². The van der Waals surface area contributed by atoms with Crippen molar-refractivity contribution >= 4 is 21.4 Å². The Morgan fingerprint density at radius 2 is 2.40 bits per heavy atom. The van der Waals surface area contributed by atoms with Gasteiger partial charge in [-0.15, -0.1) is 11.3 Å². The molecular formula is C8H15N3O2S2. The van der Waals surface area contributed by atoms with Gasteiger partial charge >= 0.3 is 0 Å². The van der Waals surface area contributed by atoms with Gasteiger partial charge in [-0.25, -0.2) is 18.1 Å². The lowest BCUT2D eigenvalue weighted by atomic mass is 10.4. The van der Waals surface area contributed by atoms with E-state index in [0.29, 0.717) is 13.0 Å². The van der Waals surface area contributed by atoms with Crippen molar-refractivity contribution in [1.82, 2.24) is 9.71 Å². The lowest BCUT2D eigenvalue weighted by molar-refractivity contribution is 0.564. The Morgan fingerprint density at radius 1 is 1.67 bits per heavy atom. The monoisotopic (exact) mass is 249 g/mol. The summed E-state index contributed by atoms with van der Waals surface area (Å²) >= 11 is 1.43. The number of nitrogens with one attached hydrogen (secondary N) is 1. The summed E-state index contributed by atoms with van der Waals surface area (Å²) in [7, 11) is -3.23. The van der Waals surface area contributed by atoms with Gasteiger partial charge in [0.05, 0.1) is 11.8 Å². The van der Waals surface area contributed by atoms with Crippen LogP contribution in [0.3, 0.4) is 0 Å². The minimum atomic E-state index is -3.23. The smallest absolute Gasteiger partial charge is 0.212 e. The van der Waals surface area contributed by atoms with Crippen LogP contribution in [0.4, 0.5) is 0 Å². The minimum Gasteiger partial charge on any atom is -0.330 e. The zero-order valence-electron chi connectivity index (χ0n) is 8.51. The molecule has 0 spiro atoms. The van der Waals surface area contributed by atoms with Crippen molar-refractivity contribution < 1.29 is 8.42 Å². The van der Waals surface area contributed by atoms with Crippen molar-refractivity contribution in [2.24, 2.45) is 5.73 Å². The minimum absolute atomic E-state index is 0.0687. The molecule has 0 aliphatic carbocycles. The fourth-order valence-electron chi connectivity index (χ4n) is 1.10. The second kappa shape index (κ2) is 5.55. The molecule has 0 amide bonds. The zero-order valence-corrected chi connectivity index (χ0v) is 10.1. The molecule has 1 rings (SSSR count). The molecule has 0 aliphatic rings. The van der Waals surface area contributed by atoms with Crippen molar-refractivity contribution in [3.8, 4) is 0 Å². The molecule has 1 heterocycles. The van der Waals surface area contributed by atoms with Crippen molar-refractivity contribution in [1.29, 1.82) is 0 Å². The number of hydrogen-bond acceptors (Lipinski definition) is 5. The molecule has 1 atom stereocenters. The second-order valence-corrected chi connectivity index (χ2v) is 5.97. The van der Waals surface area contributed by atoms with Crippen LogP contribution in [0.25, 0.3) is 0 Å². The van der Waals surface area contributed by atoms with Crippen LogP contribution in [0.1, 0.15) is 24.4 Å². The molecule has 1 aromatic rings. The van der Waals surface area contributed by atoms with Gasteiger partial charge in [-0.2, -0.15) is 0 Å². The molecule has 0 radical (unpaired) electrons. The average Bonchev–Trinajstić information content (AvgIpc) is 2.67. The largest absolute Gasteiger partial charge is 0.330 e. The van der Waals surface area contributed by atoms with Crippen LogP contribution in [0.15, 0.2) is 11.6 Å². The molecule has 0 saturated heterocycles. The van der Waals surface area contributed by atoms with E-state index in [9.17, 15) is 8.42 Å². The molecule has 0 aromatic carbocycles. The maximum atomic E-state index is 11.5. The second-order valence-electron chi connectivity index (χ2n) is 3.17. The average molecular weight is 249 g/mol. The van der Waals surface area contributed by atoms with Gasteiger partial charge in [-0.3, -0.25) is 0 Å². The Kier molecular flexibility index (Phi) is 4.65. The first-order valence-corrected chi connectivity index (χ1v) is 7.18. The van der Waals surface area contributed by atoms with Crippen molar-refractivity contribution in [2.45, 2.75) is 19.4 Å². The molecule has 86 valence electrons. The van der Waals surface area contributed by atoms with E-state index in [2.05, 4.69) is 9.71 Å². The van der Waals surface area contributed by atoms with Crippen molar-refractivity contribution in [3.63, 3.8) is 0 Å². The molecule has 15 heavy (non-hydrogen) atoms. The van der Waals surface area contributed by atoms with E-state index in [1.807, 2.05) is 5.38 Å². The van der Waals surface area contributed by atoms with E-state index in [1.54, 1.807) is 13.1 Å². The van der Waals surface area contributed by atoms with Crippen LogP contribution in [-0.2, 0) is 10.0 Å². The summed E-state index contributed by atoms with van der Waals surface area (Å²) < 4.78 is 25.6. The van der Waals surface area contributed by atoms with Gasteiger partial charge in [0.15, 0.2) is 0 Å². The van der Waals surface area contributed by atoms with Gasteiger partial charge in [0, 0.05) is 11.6 Å². The van der Waals surface area contributed by atoms with E-state index in [0.717, 1.165) is 5.01 Å². The maximum Gasteiger partial charge on any atom is 0.212 e. The van der Waals surface area contributed by atoms with Crippen LogP contribution >= 0.6 is 11.3 Å². The van der Waals surface area contributed by atoms with Gasteiger partial charge in [0.1, 0.15) is 5.01 Å². The van der Waals surface area contributed by atoms with Gasteiger partial charge < -0.3 is 5.73 Å². The number of sulfonamides is 1. The van der Waals surface area contributed by atoms with E-state index in [1.165, 1.54) is 11.3 Å². The highest BCUT2D eigenvalue weighted by atomic mass is 32.2. The standard InChI is InChI=1S/C8H15N3O2S2/c1-7(8-10-4-5-14-8)11-15(12,13)6-2-3-9/h4-5,7,11H,2-3,6,9H2,1H3. The van der Waals surface area contributed by atoms with Gasteiger partial charge in [-0.1, -0.05) is 0 Å². The topological polar surface area (TPSA) is 85.1 Å². The first-order chi connectivity index (χ1) is 7.05. The molecule has 0 fully saturated rings. The van der Waals surface area contributed by atoms with Crippen molar-refractivity contribution in [2.75, 3.05) is 12.3 Å². The van der Waals surface area contributed by atoms with E-state index in [-0.39, 0.29) is 11.8 Å². The fraction of sp³-hybridized carbons (Fsp3) is 0.625. The summed E-state index contributed by atoms with van der Waals surface area (Å²) in [5.74, 6) is 0.0687. The SMILES string of the molecule is CC(NS(=O)(=O)CCCN)c1nccs1. The Morgan fingerprint density at radius 3 is 2.93 bits per heavy atom. The summed E-state index contributed by atoms with van der Waals surface area (Å²) in [6.45, 7) is 2.16. The lowest BCUT2D eigenvalue weighted by Gasteiger charge is -2.11. The predicted molar refractivity (Wildman–Crippen MR) is 61.1 cm³/mol. The first-order valence-electron chi connectivity index (χ1n) is 4.64. The number of nitrogens with zero attached hydrogens (tertiary/aromatic N) is 1. The summed E-state index contributed by atoms with van der Waals surface area (Å²) in [4.78, 5) is 4.05. The Hall–Kier alpha value is -0.500. The highest BCUT2D eigenvalue weighted by Gasteiger charge is 2.16. The highest BCUT2D eigenvalue weighted by Crippen LogP contribution is 2.15. The van der Waals surface area contributed by atoms with Crippen LogP contribution in [0.2, 0.25) is 0 Å². The molecule has 0 bridgehead atoms. The van der Waals surface area contributed by atoms with Crippen LogP contribution in [0.5, 0.6) is 0 Å². The fourth-order valence-corrected chi connectivity index (χ4v) is 3.14. The molecule has 0 aliphatic heterocycles. The van der Waals surface area contributed by atoms with Gasteiger partial charge in [0.25, 0.3) is 0 Å². The molecule has 0 saturated carbocycles. The molecule has 5 nitrogen and oxygen atoms in total. The Balaban J connectivity index is 2.54. The number of rotatable bonds is 6. The van der Waals surface area contributed by atoms with E-state index < -0.39 is 10.0 Å². The number of thiazole rings is 1. The van der Waals surface area contributed by atoms with Crippen LogP contribution in [0, 0.1) is 0 Å². The molecule has 7 heteroatoms. The van der Waals surface area contributed by atoms with Gasteiger partial charge in [0.2, 0.25) is 10.0 Å². The molecule has 1 aromatic heterocycles. The van der Waals surface area contributed by atoms with E-state index >= 15 is 0 Å². The quantitative estimate of drug-likeness (QED) is 0.767. The molecule has 3 N–H and O–H groups in total. The predicted octanol–water partition coefficient (Wildman–Crippen LogP) is 0.472. The highest BCUT2D eigenvalue weighted by molar-refractivity contribution is 7.89. The summed E-state index contributed by atoms with van der Waals surface area (Å²) in [5, 5.41) is 2.59. The third-order valence-electron chi connectivity index (χ3n) is 1.80. The summed E-state index contributed by atoms with van der Waals surface area (Å²) in [6, 6.07) is -0.271. The van der Waals surface area contributed by atoms with Crippen molar-refractivity contribution in [3.05, 3.63) is 16.6 Å². The first kappa shape index (κ1) is 12.6. The third-order valence-corrected chi connectivity index (χ3v) is 4.29. The Labute approximate surface area is 93.8 Å². The summed E-state index contributed by atoms with van der Waals surface area (Å²) in [5.41, 5.74) is 5.26. The molecular weight excluding hydrogens is 234 g/mol. The number of hydrogen-bond donors (Lipinski definition) is 2. The third kappa shape index (κ3) is 4.25.